The second-order valence-electron chi connectivity index (χ2n) is 2.39. The average molecular weight is 189 g/mol. The Labute approximate surface area is 73.9 Å². The van der Waals surface area contributed by atoms with E-state index in [0.717, 1.165) is 6.07 Å². The van der Waals surface area contributed by atoms with Crippen molar-refractivity contribution in [3.8, 4) is 5.75 Å². The molecule has 0 aliphatic rings. The van der Waals surface area contributed by atoms with E-state index in [9.17, 15) is 8.78 Å². The van der Waals surface area contributed by atoms with Crippen LogP contribution in [0.2, 0.25) is 0 Å². The topological polar surface area (TPSA) is 41.5 Å². The van der Waals surface area contributed by atoms with Gasteiger partial charge in [-0.25, -0.2) is 14.3 Å². The molecule has 1 aromatic rings. The van der Waals surface area contributed by atoms with Crippen LogP contribution in [-0.2, 0) is 6.54 Å². The summed E-state index contributed by atoms with van der Waals surface area (Å²) in [5.41, 5.74) is 1.92. The van der Waals surface area contributed by atoms with Crippen molar-refractivity contribution in [1.29, 1.82) is 0 Å². The molecule has 0 amide bonds. The molecule has 0 saturated carbocycles. The van der Waals surface area contributed by atoms with Gasteiger partial charge in [0.2, 0.25) is 0 Å². The Hall–Kier alpha value is -1.20. The quantitative estimate of drug-likeness (QED) is 0.707. The third-order valence-electron chi connectivity index (χ3n) is 1.60. The van der Waals surface area contributed by atoms with Gasteiger partial charge in [0.15, 0.2) is 17.4 Å². The summed E-state index contributed by atoms with van der Waals surface area (Å²) in [5.74, 6) is -2.00. The Morgan fingerprint density at radius 3 is 2.69 bits per heavy atom. The van der Waals surface area contributed by atoms with Crippen LogP contribution in [0, 0.1) is 11.6 Å². The molecule has 3 nitrogen and oxygen atoms in total. The monoisotopic (exact) mass is 189 g/mol. The Bertz CT molecular complexity index is 304. The van der Waals surface area contributed by atoms with E-state index in [4.69, 9.17) is 5.21 Å². The molecule has 1 rings (SSSR count). The second kappa shape index (κ2) is 4.15. The zero-order valence-electron chi connectivity index (χ0n) is 6.97. The molecule has 0 fully saturated rings. The van der Waals surface area contributed by atoms with Crippen LogP contribution >= 0.6 is 0 Å². The highest BCUT2D eigenvalue weighted by atomic mass is 19.1. The van der Waals surface area contributed by atoms with E-state index in [-0.39, 0.29) is 12.1 Å². The van der Waals surface area contributed by atoms with Crippen LogP contribution in [-0.4, -0.2) is 12.3 Å². The maximum absolute atomic E-state index is 13.2. The van der Waals surface area contributed by atoms with E-state index in [1.807, 2.05) is 0 Å². The van der Waals surface area contributed by atoms with E-state index in [1.165, 1.54) is 13.2 Å². The van der Waals surface area contributed by atoms with Crippen molar-refractivity contribution in [2.75, 3.05) is 7.11 Å². The summed E-state index contributed by atoms with van der Waals surface area (Å²) in [6.45, 7) is -0.0948. The number of hydrogen-bond acceptors (Lipinski definition) is 3. The lowest BCUT2D eigenvalue weighted by Gasteiger charge is -2.07. The minimum Gasteiger partial charge on any atom is -0.491 e. The molecule has 0 aromatic heterocycles. The second-order valence-corrected chi connectivity index (χ2v) is 2.39. The van der Waals surface area contributed by atoms with Gasteiger partial charge in [0.25, 0.3) is 0 Å². The first-order chi connectivity index (χ1) is 6.20. The molecule has 0 spiro atoms. The minimum atomic E-state index is -0.802. The number of halogens is 2. The highest BCUT2D eigenvalue weighted by Gasteiger charge is 2.13. The summed E-state index contributed by atoms with van der Waals surface area (Å²) in [6, 6.07) is 2.31. The van der Waals surface area contributed by atoms with Gasteiger partial charge in [0, 0.05) is 12.1 Å². The summed E-state index contributed by atoms with van der Waals surface area (Å²) < 4.78 is 30.5. The molecule has 2 N–H and O–H groups in total. The van der Waals surface area contributed by atoms with Crippen molar-refractivity contribution in [1.82, 2.24) is 5.48 Å². The Morgan fingerprint density at radius 2 is 2.15 bits per heavy atom. The smallest absolute Gasteiger partial charge is 0.190 e. The SMILES string of the molecule is COc1c(F)ccc(CNO)c1F. The summed E-state index contributed by atoms with van der Waals surface area (Å²) in [6.07, 6.45) is 0. The van der Waals surface area contributed by atoms with Crippen LogP contribution in [0.3, 0.4) is 0 Å². The minimum absolute atomic E-state index is 0.0948. The molecule has 0 saturated heterocycles. The Kier molecular flexibility index (Phi) is 3.16. The number of nitrogens with one attached hydrogen (secondary N) is 1. The number of rotatable bonds is 3. The number of hydrogen-bond donors (Lipinski definition) is 2. The molecular weight excluding hydrogens is 180 g/mol. The predicted molar refractivity (Wildman–Crippen MR) is 41.5 cm³/mol. The summed E-state index contributed by atoms with van der Waals surface area (Å²) in [7, 11) is 1.18. The summed E-state index contributed by atoms with van der Waals surface area (Å²) >= 11 is 0. The largest absolute Gasteiger partial charge is 0.491 e. The van der Waals surface area contributed by atoms with Crippen molar-refractivity contribution in [3.63, 3.8) is 0 Å². The molecule has 0 unspecified atom stereocenters. The maximum atomic E-state index is 13.2. The molecule has 0 aliphatic carbocycles. The first-order valence-electron chi connectivity index (χ1n) is 3.58. The zero-order chi connectivity index (χ0) is 9.84. The Balaban J connectivity index is 3.11. The van der Waals surface area contributed by atoms with Gasteiger partial charge in [-0.2, -0.15) is 0 Å². The lowest BCUT2D eigenvalue weighted by atomic mass is 10.2. The van der Waals surface area contributed by atoms with Gasteiger partial charge in [0.05, 0.1) is 7.11 Å². The molecule has 72 valence electrons. The zero-order valence-corrected chi connectivity index (χ0v) is 6.97. The van der Waals surface area contributed by atoms with Gasteiger partial charge in [0.1, 0.15) is 0 Å². The van der Waals surface area contributed by atoms with Crippen molar-refractivity contribution < 1.29 is 18.7 Å². The van der Waals surface area contributed by atoms with Crippen LogP contribution in [0.4, 0.5) is 8.78 Å². The van der Waals surface area contributed by atoms with E-state index < -0.39 is 17.4 Å². The van der Waals surface area contributed by atoms with Gasteiger partial charge in [-0.05, 0) is 6.07 Å². The van der Waals surface area contributed by atoms with E-state index in [2.05, 4.69) is 4.74 Å². The van der Waals surface area contributed by atoms with Crippen molar-refractivity contribution >= 4 is 0 Å². The highest BCUT2D eigenvalue weighted by molar-refractivity contribution is 5.32. The number of methoxy groups -OCH3 is 1. The lowest BCUT2D eigenvalue weighted by Crippen LogP contribution is -2.09. The molecule has 0 radical (unpaired) electrons. The molecule has 13 heavy (non-hydrogen) atoms. The van der Waals surface area contributed by atoms with Crippen LogP contribution < -0.4 is 10.2 Å². The maximum Gasteiger partial charge on any atom is 0.190 e. The van der Waals surface area contributed by atoms with Crippen molar-refractivity contribution in [3.05, 3.63) is 29.3 Å². The standard InChI is InChI=1S/C8H9F2NO2/c1-13-8-6(9)3-2-5(4-11-12)7(8)10/h2-3,11-12H,4H2,1H3. The number of benzene rings is 1. The first kappa shape index (κ1) is 9.88. The van der Waals surface area contributed by atoms with Gasteiger partial charge in [-0.15, -0.1) is 0 Å². The van der Waals surface area contributed by atoms with Gasteiger partial charge in [-0.3, -0.25) is 0 Å². The van der Waals surface area contributed by atoms with Crippen LogP contribution in [0.25, 0.3) is 0 Å². The molecule has 0 aliphatic heterocycles. The van der Waals surface area contributed by atoms with Gasteiger partial charge < -0.3 is 9.94 Å². The van der Waals surface area contributed by atoms with Crippen LogP contribution in [0.1, 0.15) is 5.56 Å². The molecule has 1 aromatic carbocycles. The Morgan fingerprint density at radius 1 is 1.46 bits per heavy atom. The highest BCUT2D eigenvalue weighted by Crippen LogP contribution is 2.23. The third-order valence-corrected chi connectivity index (χ3v) is 1.60. The van der Waals surface area contributed by atoms with Crippen molar-refractivity contribution in [2.45, 2.75) is 6.54 Å². The van der Waals surface area contributed by atoms with Crippen LogP contribution in [0.5, 0.6) is 5.75 Å². The third kappa shape index (κ3) is 1.93. The van der Waals surface area contributed by atoms with Crippen LogP contribution in [0.15, 0.2) is 12.1 Å². The molecule has 0 atom stereocenters. The van der Waals surface area contributed by atoms with E-state index in [0.29, 0.717) is 0 Å². The van der Waals surface area contributed by atoms with E-state index >= 15 is 0 Å². The molecule has 0 heterocycles. The molecule has 0 bridgehead atoms. The lowest BCUT2D eigenvalue weighted by molar-refractivity contribution is 0.159. The molecule has 5 heteroatoms. The van der Waals surface area contributed by atoms with Crippen molar-refractivity contribution in [2.24, 2.45) is 0 Å². The summed E-state index contributed by atoms with van der Waals surface area (Å²) in [5, 5.41) is 8.33. The molecular formula is C8H9F2NO2. The van der Waals surface area contributed by atoms with Gasteiger partial charge >= 0.3 is 0 Å². The fourth-order valence-electron chi connectivity index (χ4n) is 0.982. The van der Waals surface area contributed by atoms with Gasteiger partial charge in [-0.1, -0.05) is 6.07 Å². The summed E-state index contributed by atoms with van der Waals surface area (Å²) in [4.78, 5) is 0. The first-order valence-corrected chi connectivity index (χ1v) is 3.58. The number of hydroxylamine groups is 1. The fourth-order valence-corrected chi connectivity index (χ4v) is 0.982. The van der Waals surface area contributed by atoms with E-state index in [1.54, 1.807) is 5.48 Å². The fraction of sp³-hybridized carbons (Fsp3) is 0.250. The normalized spacial score (nSPS) is 10.2. The average Bonchev–Trinajstić information content (AvgIpc) is 2.11. The number of ether oxygens (including phenoxy) is 1. The predicted octanol–water partition coefficient (Wildman–Crippen LogP) is 1.45.